The van der Waals surface area contributed by atoms with E-state index in [2.05, 4.69) is 56.0 Å². The molecule has 0 fully saturated rings. The van der Waals surface area contributed by atoms with E-state index in [1.807, 2.05) is 14.0 Å². The topological polar surface area (TPSA) is 24.4 Å². The molecule has 0 aromatic heterocycles. The number of hydrogen-bond acceptors (Lipinski definition) is 2. The van der Waals surface area contributed by atoms with Gasteiger partial charge < -0.3 is 5.32 Å². The van der Waals surface area contributed by atoms with E-state index in [0.29, 0.717) is 0 Å². The lowest BCUT2D eigenvalue weighted by molar-refractivity contribution is 0.816. The highest BCUT2D eigenvalue weighted by Crippen LogP contribution is 2.29. The lowest BCUT2D eigenvalue weighted by Crippen LogP contribution is -2.10. The molecular formula is C15H22N2. The van der Waals surface area contributed by atoms with Crippen LogP contribution in [0.2, 0.25) is 0 Å². The quantitative estimate of drug-likeness (QED) is 0.786. The highest BCUT2D eigenvalue weighted by atomic mass is 14.9. The first-order chi connectivity index (χ1) is 8.02. The van der Waals surface area contributed by atoms with Crippen LogP contribution in [0, 0.1) is 13.8 Å². The smallest absolute Gasteiger partial charge is 0.0654 e. The molecule has 0 aliphatic heterocycles. The van der Waals surface area contributed by atoms with Crippen LogP contribution in [-0.2, 0) is 0 Å². The van der Waals surface area contributed by atoms with Crippen LogP contribution in [0.3, 0.4) is 0 Å². The molecule has 92 valence electrons. The van der Waals surface area contributed by atoms with Crippen molar-refractivity contribution in [2.75, 3.05) is 7.05 Å². The van der Waals surface area contributed by atoms with Crippen molar-refractivity contribution in [1.82, 2.24) is 5.32 Å². The predicted molar refractivity (Wildman–Crippen MR) is 75.6 cm³/mol. The SMILES string of the molecule is C=N/C(=C(/C)NC)C(C)c1cccc(C)c1C. The van der Waals surface area contributed by atoms with Crippen LogP contribution in [0.5, 0.6) is 0 Å². The molecule has 0 saturated carbocycles. The van der Waals surface area contributed by atoms with Crippen LogP contribution in [0.1, 0.15) is 36.5 Å². The molecule has 0 amide bonds. The molecule has 1 atom stereocenters. The van der Waals surface area contributed by atoms with Gasteiger partial charge in [-0.3, -0.25) is 4.99 Å². The number of nitrogens with zero attached hydrogens (tertiary/aromatic N) is 1. The number of hydrogen-bond donors (Lipinski definition) is 1. The summed E-state index contributed by atoms with van der Waals surface area (Å²) in [6, 6.07) is 6.41. The molecule has 2 nitrogen and oxygen atoms in total. The Morgan fingerprint density at radius 3 is 2.53 bits per heavy atom. The van der Waals surface area contributed by atoms with Crippen molar-refractivity contribution in [3.63, 3.8) is 0 Å². The van der Waals surface area contributed by atoms with Gasteiger partial charge in [0.2, 0.25) is 0 Å². The Hall–Kier alpha value is -1.57. The van der Waals surface area contributed by atoms with E-state index in [1.165, 1.54) is 16.7 Å². The second-order valence-electron chi connectivity index (χ2n) is 4.43. The fraction of sp³-hybridized carbons (Fsp3) is 0.400. The molecule has 0 heterocycles. The summed E-state index contributed by atoms with van der Waals surface area (Å²) >= 11 is 0. The minimum Gasteiger partial charge on any atom is -0.390 e. The molecule has 1 unspecified atom stereocenters. The van der Waals surface area contributed by atoms with Crippen molar-refractivity contribution in [2.45, 2.75) is 33.6 Å². The van der Waals surface area contributed by atoms with E-state index in [-0.39, 0.29) is 5.92 Å². The van der Waals surface area contributed by atoms with Gasteiger partial charge in [-0.1, -0.05) is 25.1 Å². The van der Waals surface area contributed by atoms with Gasteiger partial charge in [0.1, 0.15) is 0 Å². The van der Waals surface area contributed by atoms with E-state index in [0.717, 1.165) is 11.4 Å². The van der Waals surface area contributed by atoms with Gasteiger partial charge >= 0.3 is 0 Å². The van der Waals surface area contributed by atoms with Crippen molar-refractivity contribution in [2.24, 2.45) is 4.99 Å². The zero-order valence-electron chi connectivity index (χ0n) is 11.5. The molecule has 0 bridgehead atoms. The maximum absolute atomic E-state index is 4.17. The van der Waals surface area contributed by atoms with E-state index in [1.54, 1.807) is 0 Å². The number of allylic oxidation sites excluding steroid dienone is 2. The molecule has 0 spiro atoms. The van der Waals surface area contributed by atoms with E-state index in [4.69, 9.17) is 0 Å². The van der Waals surface area contributed by atoms with Gasteiger partial charge in [0.05, 0.1) is 5.70 Å². The summed E-state index contributed by atoms with van der Waals surface area (Å²) in [6.45, 7) is 12.2. The molecule has 1 aromatic carbocycles. The second-order valence-corrected chi connectivity index (χ2v) is 4.43. The lowest BCUT2D eigenvalue weighted by atomic mass is 9.91. The first kappa shape index (κ1) is 13.5. The zero-order valence-corrected chi connectivity index (χ0v) is 11.5. The van der Waals surface area contributed by atoms with Crippen LogP contribution in [0.25, 0.3) is 0 Å². The summed E-state index contributed by atoms with van der Waals surface area (Å²) < 4.78 is 0. The van der Waals surface area contributed by atoms with Crippen LogP contribution in [-0.4, -0.2) is 13.8 Å². The minimum absolute atomic E-state index is 0.264. The number of nitrogens with one attached hydrogen (secondary N) is 1. The van der Waals surface area contributed by atoms with Gasteiger partial charge in [-0.25, -0.2) is 0 Å². The molecule has 2 heteroatoms. The summed E-state index contributed by atoms with van der Waals surface area (Å²) in [5, 5.41) is 3.15. The molecule has 0 aliphatic carbocycles. The van der Waals surface area contributed by atoms with Gasteiger partial charge in [0.15, 0.2) is 0 Å². The standard InChI is InChI=1S/C15H22N2/c1-10-8-7-9-14(11(10)2)12(3)15(17-6)13(4)16-5/h7-9,12,16H,6H2,1-5H3/b15-13-. The predicted octanol–water partition coefficient (Wildman–Crippen LogP) is 3.56. The number of aryl methyl sites for hydroxylation is 1. The van der Waals surface area contributed by atoms with Gasteiger partial charge in [-0.15, -0.1) is 0 Å². The van der Waals surface area contributed by atoms with Crippen LogP contribution in [0.4, 0.5) is 0 Å². The Bertz CT molecular complexity index is 444. The number of benzene rings is 1. The Morgan fingerprint density at radius 2 is 2.00 bits per heavy atom. The van der Waals surface area contributed by atoms with E-state index >= 15 is 0 Å². The summed E-state index contributed by atoms with van der Waals surface area (Å²) in [5.74, 6) is 0.264. The maximum atomic E-state index is 4.17. The monoisotopic (exact) mass is 230 g/mol. The Balaban J connectivity index is 3.24. The summed E-state index contributed by atoms with van der Waals surface area (Å²) in [7, 11) is 1.91. The average molecular weight is 230 g/mol. The van der Waals surface area contributed by atoms with Gasteiger partial charge in [-0.05, 0) is 44.2 Å². The molecule has 1 aromatic rings. The molecule has 1 N–H and O–H groups in total. The van der Waals surface area contributed by atoms with Crippen molar-refractivity contribution < 1.29 is 0 Å². The highest BCUT2D eigenvalue weighted by molar-refractivity contribution is 5.42. The largest absolute Gasteiger partial charge is 0.390 e. The van der Waals surface area contributed by atoms with Gasteiger partial charge in [-0.2, -0.15) is 0 Å². The number of aliphatic imine (C=N–C) groups is 1. The third-order valence-electron chi connectivity index (χ3n) is 3.45. The first-order valence-electron chi connectivity index (χ1n) is 5.94. The lowest BCUT2D eigenvalue weighted by Gasteiger charge is -2.18. The zero-order chi connectivity index (χ0) is 13.0. The van der Waals surface area contributed by atoms with Crippen molar-refractivity contribution in [3.05, 3.63) is 46.3 Å². The molecule has 0 radical (unpaired) electrons. The molecule has 0 saturated heterocycles. The highest BCUT2D eigenvalue weighted by Gasteiger charge is 2.15. The molecular weight excluding hydrogens is 208 g/mol. The molecule has 0 aliphatic rings. The summed E-state index contributed by atoms with van der Waals surface area (Å²) in [4.78, 5) is 4.17. The normalized spacial score (nSPS) is 13.9. The van der Waals surface area contributed by atoms with Crippen molar-refractivity contribution in [1.29, 1.82) is 0 Å². The maximum Gasteiger partial charge on any atom is 0.0654 e. The van der Waals surface area contributed by atoms with E-state index < -0.39 is 0 Å². The average Bonchev–Trinajstić information content (AvgIpc) is 2.33. The molecule has 1 rings (SSSR count). The van der Waals surface area contributed by atoms with Crippen LogP contribution in [0.15, 0.2) is 34.6 Å². The van der Waals surface area contributed by atoms with Crippen LogP contribution < -0.4 is 5.32 Å². The molecule has 17 heavy (non-hydrogen) atoms. The Kier molecular flexibility index (Phi) is 4.50. The summed E-state index contributed by atoms with van der Waals surface area (Å²) in [6.07, 6.45) is 0. The fourth-order valence-corrected chi connectivity index (χ4v) is 2.10. The Morgan fingerprint density at radius 1 is 1.35 bits per heavy atom. The van der Waals surface area contributed by atoms with Gasteiger partial charge in [0.25, 0.3) is 0 Å². The summed E-state index contributed by atoms with van der Waals surface area (Å²) in [5.41, 5.74) is 6.07. The Labute approximate surface area is 104 Å². The van der Waals surface area contributed by atoms with Crippen molar-refractivity contribution in [3.8, 4) is 0 Å². The third-order valence-corrected chi connectivity index (χ3v) is 3.45. The minimum atomic E-state index is 0.264. The van der Waals surface area contributed by atoms with E-state index in [9.17, 15) is 0 Å². The van der Waals surface area contributed by atoms with Crippen LogP contribution >= 0.6 is 0 Å². The van der Waals surface area contributed by atoms with Gasteiger partial charge in [0, 0.05) is 18.7 Å². The fourth-order valence-electron chi connectivity index (χ4n) is 2.10. The van der Waals surface area contributed by atoms with Crippen molar-refractivity contribution >= 4 is 6.72 Å². The number of rotatable bonds is 4. The third kappa shape index (κ3) is 2.76. The first-order valence-corrected chi connectivity index (χ1v) is 5.94. The second kappa shape index (κ2) is 5.67.